The second-order valence-corrected chi connectivity index (χ2v) is 8.94. The predicted molar refractivity (Wildman–Crippen MR) is 116 cm³/mol. The van der Waals surface area contributed by atoms with Crippen LogP contribution >= 0.6 is 0 Å². The van der Waals surface area contributed by atoms with Gasteiger partial charge in [-0.25, -0.2) is 17.5 Å². The van der Waals surface area contributed by atoms with Gasteiger partial charge in [-0.1, -0.05) is 30.3 Å². The average molecular weight is 445 g/mol. The summed E-state index contributed by atoms with van der Waals surface area (Å²) in [6.07, 6.45) is 1.47. The van der Waals surface area contributed by atoms with E-state index in [-0.39, 0.29) is 29.6 Å². The van der Waals surface area contributed by atoms with Gasteiger partial charge in [0.2, 0.25) is 15.9 Å². The number of benzene rings is 2. The normalized spacial score (nSPS) is 11.4. The number of aryl methyl sites for hydroxylation is 1. The first-order valence-corrected chi connectivity index (χ1v) is 11.4. The van der Waals surface area contributed by atoms with Crippen LogP contribution in [0.25, 0.3) is 11.3 Å². The van der Waals surface area contributed by atoms with Gasteiger partial charge in [-0.05, 0) is 43.2 Å². The number of amides is 1. The quantitative estimate of drug-likeness (QED) is 0.503. The molecule has 3 aromatic rings. The Hall–Kier alpha value is -3.04. The topological polar surface area (TPSA) is 95.2 Å². The fourth-order valence-electron chi connectivity index (χ4n) is 3.08. The van der Waals surface area contributed by atoms with E-state index in [1.165, 1.54) is 24.3 Å². The zero-order chi connectivity index (χ0) is 22.3. The van der Waals surface area contributed by atoms with Crippen molar-refractivity contribution in [3.8, 4) is 11.3 Å². The molecule has 0 unspecified atom stereocenters. The highest BCUT2D eigenvalue weighted by Crippen LogP contribution is 2.19. The molecule has 2 aromatic carbocycles. The van der Waals surface area contributed by atoms with Gasteiger partial charge in [0.25, 0.3) is 0 Å². The molecule has 164 valence electrons. The lowest BCUT2D eigenvalue weighted by molar-refractivity contribution is -0.129. The van der Waals surface area contributed by atoms with Crippen LogP contribution in [0.4, 0.5) is 4.39 Å². The number of nitrogens with one attached hydrogen (secondary N) is 2. The molecule has 1 amide bonds. The van der Waals surface area contributed by atoms with E-state index in [0.29, 0.717) is 30.6 Å². The van der Waals surface area contributed by atoms with Crippen LogP contribution in [0, 0.1) is 5.82 Å². The summed E-state index contributed by atoms with van der Waals surface area (Å²) in [5.74, 6) is -0.450. The van der Waals surface area contributed by atoms with Crippen molar-refractivity contribution < 1.29 is 17.6 Å². The number of nitrogens with zero attached hydrogens (tertiary/aromatic N) is 2. The van der Waals surface area contributed by atoms with E-state index in [2.05, 4.69) is 14.9 Å². The van der Waals surface area contributed by atoms with E-state index < -0.39 is 10.0 Å². The highest BCUT2D eigenvalue weighted by Gasteiger charge is 2.15. The fraction of sp³-hybridized carbons (Fsp3) is 0.273. The molecule has 1 aromatic heterocycles. The molecule has 7 nitrogen and oxygen atoms in total. The maximum Gasteiger partial charge on any atom is 0.240 e. The van der Waals surface area contributed by atoms with Gasteiger partial charge >= 0.3 is 0 Å². The van der Waals surface area contributed by atoms with Crippen molar-refractivity contribution in [1.82, 2.24) is 19.8 Å². The molecule has 0 aliphatic carbocycles. The smallest absolute Gasteiger partial charge is 0.240 e. The number of aromatic amines is 1. The predicted octanol–water partition coefficient (Wildman–Crippen LogP) is 2.98. The minimum absolute atomic E-state index is 0.0396. The zero-order valence-corrected chi connectivity index (χ0v) is 18.0. The Kier molecular flexibility index (Phi) is 7.54. The number of H-pyrrole nitrogens is 1. The van der Waals surface area contributed by atoms with Gasteiger partial charge in [0.1, 0.15) is 5.82 Å². The molecule has 0 radical (unpaired) electrons. The lowest BCUT2D eigenvalue weighted by atomic mass is 10.1. The van der Waals surface area contributed by atoms with E-state index in [4.69, 9.17) is 0 Å². The first kappa shape index (κ1) is 22.6. The van der Waals surface area contributed by atoms with Crippen LogP contribution in [0.15, 0.2) is 65.6 Å². The molecule has 0 saturated heterocycles. The maximum atomic E-state index is 13.4. The molecule has 0 bridgehead atoms. The lowest BCUT2D eigenvalue weighted by Gasteiger charge is -2.17. The minimum Gasteiger partial charge on any atom is -0.346 e. The molecule has 3 rings (SSSR count). The van der Waals surface area contributed by atoms with Crippen molar-refractivity contribution in [2.24, 2.45) is 0 Å². The number of hydrogen-bond donors (Lipinski definition) is 2. The Morgan fingerprint density at radius 1 is 1.13 bits per heavy atom. The number of rotatable bonds is 10. The van der Waals surface area contributed by atoms with Gasteiger partial charge in [-0.2, -0.15) is 5.10 Å². The van der Waals surface area contributed by atoms with E-state index in [1.807, 2.05) is 6.07 Å². The molecule has 0 aliphatic rings. The highest BCUT2D eigenvalue weighted by molar-refractivity contribution is 7.89. The van der Waals surface area contributed by atoms with E-state index >= 15 is 0 Å². The largest absolute Gasteiger partial charge is 0.346 e. The molecule has 0 atom stereocenters. The number of hydrogen-bond acceptors (Lipinski definition) is 4. The van der Waals surface area contributed by atoms with Crippen molar-refractivity contribution in [3.63, 3.8) is 0 Å². The van der Waals surface area contributed by atoms with E-state index in [0.717, 1.165) is 5.69 Å². The van der Waals surface area contributed by atoms with Crippen molar-refractivity contribution in [2.45, 2.75) is 24.2 Å². The molecular weight excluding hydrogens is 419 g/mol. The van der Waals surface area contributed by atoms with Crippen LogP contribution in [0.2, 0.25) is 0 Å². The molecular formula is C22H25FN4O3S. The first-order valence-electron chi connectivity index (χ1n) is 9.94. The Morgan fingerprint density at radius 2 is 1.90 bits per heavy atom. The van der Waals surface area contributed by atoms with Gasteiger partial charge in [-0.3, -0.25) is 9.89 Å². The lowest BCUT2D eigenvalue weighted by Crippen LogP contribution is -2.32. The zero-order valence-electron chi connectivity index (χ0n) is 17.2. The summed E-state index contributed by atoms with van der Waals surface area (Å²) in [5.41, 5.74) is 2.27. The number of sulfonamides is 1. The Morgan fingerprint density at radius 3 is 2.65 bits per heavy atom. The highest BCUT2D eigenvalue weighted by atomic mass is 32.2. The number of halogens is 1. The molecule has 0 aliphatic heterocycles. The van der Waals surface area contributed by atoms with Crippen LogP contribution in [0.5, 0.6) is 0 Å². The van der Waals surface area contributed by atoms with Gasteiger partial charge < -0.3 is 4.90 Å². The molecule has 0 fully saturated rings. The molecule has 2 N–H and O–H groups in total. The standard InChI is InChI=1S/C22H25FN4O3S/c1-27(22(28)12-13-24-31(29,30)20-10-3-2-4-11-20)14-6-9-19-16-21(26-25-19)17-7-5-8-18(23)15-17/h2-5,7-8,10-11,15-16,24H,6,9,12-14H2,1H3,(H,25,26). The second kappa shape index (κ2) is 10.3. The summed E-state index contributed by atoms with van der Waals surface area (Å²) in [7, 11) is -1.92. The number of carbonyl (C=O) groups excluding carboxylic acids is 1. The van der Waals surface area contributed by atoms with Crippen LogP contribution in [-0.2, 0) is 21.2 Å². The third-order valence-electron chi connectivity index (χ3n) is 4.80. The van der Waals surface area contributed by atoms with Gasteiger partial charge in [0.15, 0.2) is 0 Å². The van der Waals surface area contributed by atoms with Crippen molar-refractivity contribution >= 4 is 15.9 Å². The summed E-state index contributed by atoms with van der Waals surface area (Å²) in [5, 5.41) is 7.15. The summed E-state index contributed by atoms with van der Waals surface area (Å²) in [6.45, 7) is 0.566. The molecule has 1 heterocycles. The fourth-order valence-corrected chi connectivity index (χ4v) is 4.14. The Labute approximate surface area is 181 Å². The minimum atomic E-state index is -3.61. The van der Waals surface area contributed by atoms with Crippen molar-refractivity contribution in [3.05, 3.63) is 72.2 Å². The van der Waals surface area contributed by atoms with Crippen LogP contribution in [0.1, 0.15) is 18.5 Å². The summed E-state index contributed by atoms with van der Waals surface area (Å²) < 4.78 is 40.1. The number of aromatic nitrogens is 2. The average Bonchev–Trinajstić information content (AvgIpc) is 3.23. The van der Waals surface area contributed by atoms with Crippen LogP contribution < -0.4 is 4.72 Å². The number of carbonyl (C=O) groups is 1. The van der Waals surface area contributed by atoms with Crippen LogP contribution in [-0.4, -0.2) is 49.6 Å². The third kappa shape index (κ3) is 6.47. The molecule has 31 heavy (non-hydrogen) atoms. The molecule has 9 heteroatoms. The Bertz CT molecular complexity index is 1120. The van der Waals surface area contributed by atoms with E-state index in [9.17, 15) is 17.6 Å². The molecule has 0 saturated carbocycles. The third-order valence-corrected chi connectivity index (χ3v) is 6.28. The van der Waals surface area contributed by atoms with Crippen LogP contribution in [0.3, 0.4) is 0 Å². The van der Waals surface area contributed by atoms with Gasteiger partial charge in [-0.15, -0.1) is 0 Å². The van der Waals surface area contributed by atoms with Crippen molar-refractivity contribution in [2.75, 3.05) is 20.1 Å². The first-order chi connectivity index (χ1) is 14.8. The molecule has 0 spiro atoms. The Balaban J connectivity index is 1.41. The van der Waals surface area contributed by atoms with E-state index in [1.54, 1.807) is 42.3 Å². The monoisotopic (exact) mass is 444 g/mol. The van der Waals surface area contributed by atoms with Gasteiger partial charge in [0.05, 0.1) is 10.6 Å². The maximum absolute atomic E-state index is 13.4. The summed E-state index contributed by atoms with van der Waals surface area (Å²) in [4.78, 5) is 14.0. The van der Waals surface area contributed by atoms with Crippen molar-refractivity contribution in [1.29, 1.82) is 0 Å². The SMILES string of the molecule is CN(CCCc1cc(-c2cccc(F)c2)n[nH]1)C(=O)CCNS(=O)(=O)c1ccccc1. The van der Waals surface area contributed by atoms with Gasteiger partial charge in [0, 0.05) is 37.8 Å². The summed E-state index contributed by atoms with van der Waals surface area (Å²) >= 11 is 0. The second-order valence-electron chi connectivity index (χ2n) is 7.17. The summed E-state index contributed by atoms with van der Waals surface area (Å²) in [6, 6.07) is 16.2.